The van der Waals surface area contributed by atoms with Crippen molar-refractivity contribution in [3.05, 3.63) is 0 Å². The molecule has 14 heavy (non-hydrogen) atoms. The molecule has 0 amide bonds. The van der Waals surface area contributed by atoms with Crippen molar-refractivity contribution in [1.29, 1.82) is 0 Å². The van der Waals surface area contributed by atoms with Crippen LogP contribution in [0, 0.1) is 5.92 Å². The van der Waals surface area contributed by atoms with E-state index in [-0.39, 0.29) is 0 Å². The normalized spacial score (nSPS) is 21.4. The molecule has 0 radical (unpaired) electrons. The first-order valence-corrected chi connectivity index (χ1v) is 6.16. The summed E-state index contributed by atoms with van der Waals surface area (Å²) >= 11 is 0. The van der Waals surface area contributed by atoms with Gasteiger partial charge >= 0.3 is 0 Å². The molecule has 0 aromatic rings. The third kappa shape index (κ3) is 3.58. The molecule has 2 heteroatoms. The fraction of sp³-hybridized carbons (Fsp3) is 1.00. The maximum absolute atomic E-state index is 5.53. The van der Waals surface area contributed by atoms with Gasteiger partial charge in [-0.05, 0) is 52.2 Å². The van der Waals surface area contributed by atoms with Crippen molar-refractivity contribution in [3.63, 3.8) is 0 Å². The zero-order valence-electron chi connectivity index (χ0n) is 9.84. The summed E-state index contributed by atoms with van der Waals surface area (Å²) in [6.07, 6.45) is 8.35. The molecule has 2 N–H and O–H groups in total. The highest BCUT2D eigenvalue weighted by Crippen LogP contribution is 2.28. The lowest BCUT2D eigenvalue weighted by Crippen LogP contribution is -2.37. The molecule has 2 nitrogen and oxygen atoms in total. The van der Waals surface area contributed by atoms with Crippen LogP contribution in [0.4, 0.5) is 0 Å². The number of nitrogens with zero attached hydrogens (tertiary/aromatic N) is 1. The molecule has 1 aliphatic carbocycles. The van der Waals surface area contributed by atoms with E-state index < -0.39 is 0 Å². The predicted octanol–water partition coefficient (Wildman–Crippen LogP) is 2.24. The third-order valence-electron chi connectivity index (χ3n) is 3.74. The molecule has 0 aliphatic heterocycles. The minimum absolute atomic E-state index is 0.752. The van der Waals surface area contributed by atoms with Gasteiger partial charge in [-0.2, -0.15) is 0 Å². The van der Waals surface area contributed by atoms with Gasteiger partial charge in [-0.1, -0.05) is 19.3 Å². The molecule has 1 unspecified atom stereocenters. The van der Waals surface area contributed by atoms with Gasteiger partial charge in [0.15, 0.2) is 0 Å². The zero-order chi connectivity index (χ0) is 10.4. The summed E-state index contributed by atoms with van der Waals surface area (Å²) in [6, 6.07) is 0.752. The Hall–Kier alpha value is -0.0800. The second-order valence-electron chi connectivity index (χ2n) is 4.76. The smallest absolute Gasteiger partial charge is 0.00921 e. The summed E-state index contributed by atoms with van der Waals surface area (Å²) in [4.78, 5) is 2.49. The molecule has 1 fully saturated rings. The molecule has 1 saturated carbocycles. The van der Waals surface area contributed by atoms with E-state index in [9.17, 15) is 0 Å². The number of hydrogen-bond acceptors (Lipinski definition) is 2. The molecule has 0 spiro atoms. The van der Waals surface area contributed by atoms with E-state index in [1.54, 1.807) is 0 Å². The van der Waals surface area contributed by atoms with Crippen LogP contribution in [-0.4, -0.2) is 31.1 Å². The number of nitrogens with two attached hydrogens (primary N) is 1. The predicted molar refractivity (Wildman–Crippen MR) is 62.3 cm³/mol. The SMILES string of the molecule is CC(C1CCCCC1)N(C)CCCN. The first-order valence-electron chi connectivity index (χ1n) is 6.16. The molecule has 1 aliphatic rings. The van der Waals surface area contributed by atoms with Crippen molar-refractivity contribution in [3.8, 4) is 0 Å². The van der Waals surface area contributed by atoms with Crippen LogP contribution in [0.2, 0.25) is 0 Å². The molecule has 1 rings (SSSR count). The van der Waals surface area contributed by atoms with Crippen LogP contribution in [0.25, 0.3) is 0 Å². The van der Waals surface area contributed by atoms with Gasteiger partial charge in [0.2, 0.25) is 0 Å². The van der Waals surface area contributed by atoms with E-state index in [1.165, 1.54) is 32.1 Å². The number of hydrogen-bond donors (Lipinski definition) is 1. The lowest BCUT2D eigenvalue weighted by atomic mass is 9.84. The van der Waals surface area contributed by atoms with Crippen LogP contribution < -0.4 is 5.73 Å². The van der Waals surface area contributed by atoms with Crippen LogP contribution >= 0.6 is 0 Å². The van der Waals surface area contributed by atoms with E-state index >= 15 is 0 Å². The van der Waals surface area contributed by atoms with Gasteiger partial charge in [-0.3, -0.25) is 0 Å². The summed E-state index contributed by atoms with van der Waals surface area (Å²) < 4.78 is 0. The van der Waals surface area contributed by atoms with Crippen molar-refractivity contribution < 1.29 is 0 Å². The van der Waals surface area contributed by atoms with Gasteiger partial charge in [0, 0.05) is 6.04 Å². The Morgan fingerprint density at radius 3 is 2.50 bits per heavy atom. The van der Waals surface area contributed by atoms with Gasteiger partial charge in [0.25, 0.3) is 0 Å². The monoisotopic (exact) mass is 198 g/mol. The summed E-state index contributed by atoms with van der Waals surface area (Å²) in [7, 11) is 2.24. The quantitative estimate of drug-likeness (QED) is 0.734. The molecule has 0 aromatic carbocycles. The largest absolute Gasteiger partial charge is 0.330 e. The molecule has 84 valence electrons. The lowest BCUT2D eigenvalue weighted by Gasteiger charge is -2.34. The van der Waals surface area contributed by atoms with Gasteiger partial charge in [0.1, 0.15) is 0 Å². The van der Waals surface area contributed by atoms with Crippen LogP contribution in [0.1, 0.15) is 45.4 Å². The molecule has 1 atom stereocenters. The third-order valence-corrected chi connectivity index (χ3v) is 3.74. The topological polar surface area (TPSA) is 29.3 Å². The Labute approximate surface area is 88.8 Å². The lowest BCUT2D eigenvalue weighted by molar-refractivity contribution is 0.157. The average molecular weight is 198 g/mol. The van der Waals surface area contributed by atoms with Crippen molar-refractivity contribution in [2.45, 2.75) is 51.5 Å². The van der Waals surface area contributed by atoms with E-state index in [4.69, 9.17) is 5.73 Å². The summed E-state index contributed by atoms with van der Waals surface area (Å²) in [5.41, 5.74) is 5.53. The van der Waals surface area contributed by atoms with Gasteiger partial charge in [-0.15, -0.1) is 0 Å². The average Bonchev–Trinajstić information content (AvgIpc) is 2.26. The Balaban J connectivity index is 2.26. The first kappa shape index (κ1) is 12.0. The maximum Gasteiger partial charge on any atom is 0.00921 e. The molecule has 0 saturated heterocycles. The number of rotatable bonds is 5. The minimum Gasteiger partial charge on any atom is -0.330 e. The van der Waals surface area contributed by atoms with Crippen LogP contribution in [-0.2, 0) is 0 Å². The molecule has 0 heterocycles. The Kier molecular flexibility index (Phi) is 5.49. The van der Waals surface area contributed by atoms with E-state index in [1.807, 2.05) is 0 Å². The van der Waals surface area contributed by atoms with Crippen molar-refractivity contribution >= 4 is 0 Å². The van der Waals surface area contributed by atoms with Gasteiger partial charge in [0.05, 0.1) is 0 Å². The second kappa shape index (κ2) is 6.41. The molecular formula is C12H26N2. The van der Waals surface area contributed by atoms with E-state index in [2.05, 4.69) is 18.9 Å². The molecule has 0 aromatic heterocycles. The highest BCUT2D eigenvalue weighted by atomic mass is 15.1. The van der Waals surface area contributed by atoms with Gasteiger partial charge < -0.3 is 10.6 Å². The zero-order valence-corrected chi connectivity index (χ0v) is 9.84. The first-order chi connectivity index (χ1) is 6.75. The second-order valence-corrected chi connectivity index (χ2v) is 4.76. The summed E-state index contributed by atoms with van der Waals surface area (Å²) in [6.45, 7) is 4.36. The van der Waals surface area contributed by atoms with Gasteiger partial charge in [-0.25, -0.2) is 0 Å². The maximum atomic E-state index is 5.53. The molecule has 0 bridgehead atoms. The van der Waals surface area contributed by atoms with E-state index in [0.29, 0.717) is 0 Å². The fourth-order valence-corrected chi connectivity index (χ4v) is 2.52. The Morgan fingerprint density at radius 2 is 1.93 bits per heavy atom. The van der Waals surface area contributed by atoms with Crippen LogP contribution in [0.5, 0.6) is 0 Å². The van der Waals surface area contributed by atoms with Crippen molar-refractivity contribution in [2.75, 3.05) is 20.1 Å². The fourth-order valence-electron chi connectivity index (χ4n) is 2.52. The summed E-state index contributed by atoms with van der Waals surface area (Å²) in [5, 5.41) is 0. The minimum atomic E-state index is 0.752. The van der Waals surface area contributed by atoms with Crippen molar-refractivity contribution in [1.82, 2.24) is 4.90 Å². The molecular weight excluding hydrogens is 172 g/mol. The van der Waals surface area contributed by atoms with Crippen LogP contribution in [0.3, 0.4) is 0 Å². The Bertz CT molecular complexity index is 141. The Morgan fingerprint density at radius 1 is 1.29 bits per heavy atom. The highest BCUT2D eigenvalue weighted by molar-refractivity contribution is 4.76. The standard InChI is InChI=1S/C12H26N2/c1-11(14(2)10-6-9-13)12-7-4-3-5-8-12/h11-12H,3-10,13H2,1-2H3. The highest BCUT2D eigenvalue weighted by Gasteiger charge is 2.22. The summed E-state index contributed by atoms with van der Waals surface area (Å²) in [5.74, 6) is 0.937. The van der Waals surface area contributed by atoms with E-state index in [0.717, 1.165) is 31.5 Å². The van der Waals surface area contributed by atoms with Crippen molar-refractivity contribution in [2.24, 2.45) is 11.7 Å². The van der Waals surface area contributed by atoms with Crippen LogP contribution in [0.15, 0.2) is 0 Å².